The lowest BCUT2D eigenvalue weighted by Crippen LogP contribution is -2.41. The molecule has 2 amide bonds. The number of amides is 2. The van der Waals surface area contributed by atoms with Gasteiger partial charge in [-0.2, -0.15) is 0 Å². The van der Waals surface area contributed by atoms with E-state index in [1.807, 2.05) is 6.92 Å². The number of halogens is 1. The van der Waals surface area contributed by atoms with Crippen molar-refractivity contribution in [3.8, 4) is 0 Å². The molecule has 0 aromatic heterocycles. The summed E-state index contributed by atoms with van der Waals surface area (Å²) in [4.78, 5) is 25.4. The second-order valence-electron chi connectivity index (χ2n) is 5.46. The lowest BCUT2D eigenvalue weighted by atomic mass is 10.2. The molecule has 0 saturated heterocycles. The molecular weight excluding hydrogens is 302 g/mol. The predicted molar refractivity (Wildman–Crippen MR) is 90.1 cm³/mol. The van der Waals surface area contributed by atoms with Gasteiger partial charge in [-0.1, -0.05) is 37.1 Å². The van der Waals surface area contributed by atoms with Gasteiger partial charge < -0.3 is 10.6 Å². The number of rotatable bonds is 8. The molecule has 0 spiro atoms. The molecule has 122 valence electrons. The molecule has 0 radical (unpaired) electrons. The zero-order valence-electron chi connectivity index (χ0n) is 13.4. The monoisotopic (exact) mass is 325 g/mol. The summed E-state index contributed by atoms with van der Waals surface area (Å²) in [6.07, 6.45) is 1.97. The maximum absolute atomic E-state index is 11.9. The molecular formula is C16H24ClN3O2. The number of hydrogen-bond acceptors (Lipinski definition) is 3. The van der Waals surface area contributed by atoms with Crippen LogP contribution in [0, 0.1) is 0 Å². The third-order valence-corrected chi connectivity index (χ3v) is 3.43. The molecule has 0 aliphatic carbocycles. The van der Waals surface area contributed by atoms with Gasteiger partial charge in [0.15, 0.2) is 0 Å². The fourth-order valence-electron chi connectivity index (χ4n) is 2.12. The van der Waals surface area contributed by atoms with Crippen molar-refractivity contribution in [2.45, 2.75) is 32.7 Å². The van der Waals surface area contributed by atoms with Crippen LogP contribution < -0.4 is 10.6 Å². The summed E-state index contributed by atoms with van der Waals surface area (Å²) in [5, 5.41) is 6.13. The molecule has 0 heterocycles. The highest BCUT2D eigenvalue weighted by atomic mass is 35.5. The lowest BCUT2D eigenvalue weighted by Gasteiger charge is -2.18. The van der Waals surface area contributed by atoms with Crippen molar-refractivity contribution in [1.82, 2.24) is 10.2 Å². The number of nitrogens with zero attached hydrogens (tertiary/aromatic N) is 1. The molecule has 0 fully saturated rings. The van der Waals surface area contributed by atoms with Crippen LogP contribution in [0.1, 0.15) is 26.7 Å². The Morgan fingerprint density at radius 1 is 1.23 bits per heavy atom. The first-order valence-electron chi connectivity index (χ1n) is 7.44. The van der Waals surface area contributed by atoms with Gasteiger partial charge >= 0.3 is 0 Å². The zero-order valence-corrected chi connectivity index (χ0v) is 14.1. The minimum Gasteiger partial charge on any atom is -0.353 e. The lowest BCUT2D eigenvalue weighted by molar-refractivity contribution is -0.123. The Bertz CT molecular complexity index is 508. The first-order valence-corrected chi connectivity index (χ1v) is 7.82. The van der Waals surface area contributed by atoms with E-state index in [1.165, 1.54) is 0 Å². The molecule has 1 atom stereocenters. The number of anilines is 1. The van der Waals surface area contributed by atoms with Crippen molar-refractivity contribution in [2.24, 2.45) is 0 Å². The summed E-state index contributed by atoms with van der Waals surface area (Å²) in [7, 11) is 1.73. The molecule has 0 aliphatic rings. The molecule has 1 unspecified atom stereocenters. The Morgan fingerprint density at radius 3 is 2.50 bits per heavy atom. The third-order valence-electron chi connectivity index (χ3n) is 3.10. The van der Waals surface area contributed by atoms with Gasteiger partial charge in [0.2, 0.25) is 11.8 Å². The number of para-hydroxylation sites is 1. The van der Waals surface area contributed by atoms with E-state index in [2.05, 4.69) is 17.6 Å². The van der Waals surface area contributed by atoms with Crippen molar-refractivity contribution >= 4 is 29.1 Å². The smallest absolute Gasteiger partial charge is 0.238 e. The van der Waals surface area contributed by atoms with E-state index in [0.29, 0.717) is 10.7 Å². The van der Waals surface area contributed by atoms with Gasteiger partial charge in [-0.15, -0.1) is 0 Å². The summed E-state index contributed by atoms with van der Waals surface area (Å²) in [6, 6.07) is 7.20. The Balaban J connectivity index is 2.38. The second kappa shape index (κ2) is 9.43. The van der Waals surface area contributed by atoms with Crippen LogP contribution in [0.3, 0.4) is 0 Å². The van der Waals surface area contributed by atoms with Crippen LogP contribution in [-0.2, 0) is 9.59 Å². The van der Waals surface area contributed by atoms with E-state index < -0.39 is 0 Å². The van der Waals surface area contributed by atoms with Gasteiger partial charge in [-0.3, -0.25) is 14.5 Å². The summed E-state index contributed by atoms with van der Waals surface area (Å²) in [5.41, 5.74) is 0.573. The van der Waals surface area contributed by atoms with Gasteiger partial charge in [0, 0.05) is 6.04 Å². The van der Waals surface area contributed by atoms with Crippen LogP contribution in [0.5, 0.6) is 0 Å². The Labute approximate surface area is 137 Å². The van der Waals surface area contributed by atoms with E-state index in [4.69, 9.17) is 11.6 Å². The van der Waals surface area contributed by atoms with Gasteiger partial charge in [-0.25, -0.2) is 0 Å². The van der Waals surface area contributed by atoms with E-state index in [-0.39, 0.29) is 30.9 Å². The standard InChI is InChI=1S/C16H24ClN3O2/c1-4-7-12(2)18-15(21)10-20(3)11-16(22)19-14-9-6-5-8-13(14)17/h5-6,8-9,12H,4,7,10-11H2,1-3H3,(H,18,21)(H,19,22). The molecule has 6 heteroatoms. The van der Waals surface area contributed by atoms with Crippen molar-refractivity contribution < 1.29 is 9.59 Å². The van der Waals surface area contributed by atoms with Crippen molar-refractivity contribution in [3.05, 3.63) is 29.3 Å². The molecule has 0 aliphatic heterocycles. The van der Waals surface area contributed by atoms with Gasteiger partial charge in [-0.05, 0) is 32.5 Å². The fourth-order valence-corrected chi connectivity index (χ4v) is 2.31. The first-order chi connectivity index (χ1) is 10.4. The summed E-state index contributed by atoms with van der Waals surface area (Å²) < 4.78 is 0. The highest BCUT2D eigenvalue weighted by Gasteiger charge is 2.13. The molecule has 0 bridgehead atoms. The molecule has 1 aromatic carbocycles. The number of likely N-dealkylation sites (N-methyl/N-ethyl adjacent to an activating group) is 1. The van der Waals surface area contributed by atoms with Crippen LogP contribution >= 0.6 is 11.6 Å². The number of carbonyl (C=O) groups excluding carboxylic acids is 2. The van der Waals surface area contributed by atoms with E-state index in [1.54, 1.807) is 36.2 Å². The normalized spacial score (nSPS) is 12.0. The number of benzene rings is 1. The number of nitrogens with one attached hydrogen (secondary N) is 2. The minimum atomic E-state index is -0.204. The van der Waals surface area contributed by atoms with Gasteiger partial charge in [0.25, 0.3) is 0 Å². The average Bonchev–Trinajstić information content (AvgIpc) is 2.40. The molecule has 0 saturated carbocycles. The molecule has 2 N–H and O–H groups in total. The van der Waals surface area contributed by atoms with E-state index in [0.717, 1.165) is 12.8 Å². The van der Waals surface area contributed by atoms with Gasteiger partial charge in [0.05, 0.1) is 23.8 Å². The zero-order chi connectivity index (χ0) is 16.5. The van der Waals surface area contributed by atoms with Crippen LogP contribution in [-0.4, -0.2) is 42.9 Å². The Hall–Kier alpha value is -1.59. The van der Waals surface area contributed by atoms with E-state index >= 15 is 0 Å². The molecule has 5 nitrogen and oxygen atoms in total. The largest absolute Gasteiger partial charge is 0.353 e. The number of hydrogen-bond donors (Lipinski definition) is 2. The molecule has 22 heavy (non-hydrogen) atoms. The van der Waals surface area contributed by atoms with E-state index in [9.17, 15) is 9.59 Å². The average molecular weight is 326 g/mol. The topological polar surface area (TPSA) is 61.4 Å². The van der Waals surface area contributed by atoms with Crippen LogP contribution in [0.25, 0.3) is 0 Å². The second-order valence-corrected chi connectivity index (χ2v) is 5.86. The predicted octanol–water partition coefficient (Wildman–Crippen LogP) is 2.52. The fraction of sp³-hybridized carbons (Fsp3) is 0.500. The SMILES string of the molecule is CCCC(C)NC(=O)CN(C)CC(=O)Nc1ccccc1Cl. The first kappa shape index (κ1) is 18.5. The maximum Gasteiger partial charge on any atom is 0.238 e. The maximum atomic E-state index is 11.9. The molecule has 1 aromatic rings. The molecule has 1 rings (SSSR count). The highest BCUT2D eigenvalue weighted by Crippen LogP contribution is 2.20. The highest BCUT2D eigenvalue weighted by molar-refractivity contribution is 6.33. The van der Waals surface area contributed by atoms with Crippen molar-refractivity contribution in [2.75, 3.05) is 25.5 Å². The number of carbonyl (C=O) groups is 2. The van der Waals surface area contributed by atoms with Gasteiger partial charge in [0.1, 0.15) is 0 Å². The summed E-state index contributed by atoms with van der Waals surface area (Å²) in [6.45, 7) is 4.37. The van der Waals surface area contributed by atoms with Crippen LogP contribution in [0.4, 0.5) is 5.69 Å². The Morgan fingerprint density at radius 2 is 1.86 bits per heavy atom. The third kappa shape index (κ3) is 6.91. The Kier molecular flexibility index (Phi) is 7.91. The summed E-state index contributed by atoms with van der Waals surface area (Å²) in [5.74, 6) is -0.279. The summed E-state index contributed by atoms with van der Waals surface area (Å²) >= 11 is 5.98. The quantitative estimate of drug-likeness (QED) is 0.772. The van der Waals surface area contributed by atoms with Crippen molar-refractivity contribution in [3.63, 3.8) is 0 Å². The minimum absolute atomic E-state index is 0.0750. The van der Waals surface area contributed by atoms with Crippen LogP contribution in [0.15, 0.2) is 24.3 Å². The van der Waals surface area contributed by atoms with Crippen LogP contribution in [0.2, 0.25) is 5.02 Å². The van der Waals surface area contributed by atoms with Crippen molar-refractivity contribution in [1.29, 1.82) is 0 Å².